The lowest BCUT2D eigenvalue weighted by molar-refractivity contribution is 0.569. The molecule has 1 aliphatic rings. The maximum atomic E-state index is 4.98. The van der Waals surface area contributed by atoms with Gasteiger partial charge in [0.05, 0.1) is 17.6 Å². The lowest BCUT2D eigenvalue weighted by Crippen LogP contribution is -2.28. The van der Waals surface area contributed by atoms with Gasteiger partial charge in [0, 0.05) is 18.0 Å². The summed E-state index contributed by atoms with van der Waals surface area (Å²) in [6.45, 7) is 6.69. The van der Waals surface area contributed by atoms with Crippen LogP contribution in [0.2, 0.25) is 0 Å². The van der Waals surface area contributed by atoms with Gasteiger partial charge in [-0.05, 0) is 25.0 Å². The van der Waals surface area contributed by atoms with E-state index < -0.39 is 0 Å². The van der Waals surface area contributed by atoms with E-state index >= 15 is 0 Å². The zero-order valence-corrected chi connectivity index (χ0v) is 20.4. The van der Waals surface area contributed by atoms with Gasteiger partial charge >= 0.3 is 0 Å². The molecule has 1 aromatic carbocycles. The number of fused-ring (bicyclic) bond motifs is 2. The standard InChI is InChI=1S/C26H40N4S/c1-3-5-7-9-11-15-19-30(20-16-12-10-8-6-4-2)26-27-21-23-25(29-26)31-24-18-14-13-17-22(24)28-23/h13-14,17-18,21,28H,3-12,15-16,19-20H2,1-2H3. The van der Waals surface area contributed by atoms with Crippen LogP contribution in [0.1, 0.15) is 90.9 Å². The Balaban J connectivity index is 1.59. The Hall–Kier alpha value is -1.75. The van der Waals surface area contributed by atoms with Crippen molar-refractivity contribution in [2.24, 2.45) is 0 Å². The molecule has 0 radical (unpaired) electrons. The van der Waals surface area contributed by atoms with Crippen LogP contribution in [0.25, 0.3) is 0 Å². The van der Waals surface area contributed by atoms with Crippen molar-refractivity contribution in [2.45, 2.75) is 101 Å². The zero-order chi connectivity index (χ0) is 21.7. The van der Waals surface area contributed by atoms with Gasteiger partial charge < -0.3 is 10.2 Å². The van der Waals surface area contributed by atoms with E-state index in [2.05, 4.69) is 48.3 Å². The van der Waals surface area contributed by atoms with E-state index in [-0.39, 0.29) is 0 Å². The number of unbranched alkanes of at least 4 members (excludes halogenated alkanes) is 10. The van der Waals surface area contributed by atoms with E-state index in [1.165, 1.54) is 81.9 Å². The summed E-state index contributed by atoms with van der Waals surface area (Å²) >= 11 is 1.75. The van der Waals surface area contributed by atoms with Crippen molar-refractivity contribution in [1.29, 1.82) is 0 Å². The van der Waals surface area contributed by atoms with Gasteiger partial charge in [-0.15, -0.1) is 0 Å². The van der Waals surface area contributed by atoms with E-state index in [1.54, 1.807) is 11.8 Å². The molecule has 0 spiro atoms. The Morgan fingerprint density at radius 2 is 1.39 bits per heavy atom. The lowest BCUT2D eigenvalue weighted by atomic mass is 10.1. The summed E-state index contributed by atoms with van der Waals surface area (Å²) in [5.41, 5.74) is 2.17. The number of hydrogen-bond acceptors (Lipinski definition) is 5. The van der Waals surface area contributed by atoms with Crippen LogP contribution in [0.15, 0.2) is 40.4 Å². The Kier molecular flexibility index (Phi) is 10.5. The van der Waals surface area contributed by atoms with Gasteiger partial charge in [0.1, 0.15) is 5.03 Å². The second kappa shape index (κ2) is 13.6. The molecule has 0 bridgehead atoms. The van der Waals surface area contributed by atoms with Crippen molar-refractivity contribution >= 4 is 29.1 Å². The maximum Gasteiger partial charge on any atom is 0.226 e. The van der Waals surface area contributed by atoms with Crippen molar-refractivity contribution in [1.82, 2.24) is 9.97 Å². The Bertz CT molecular complexity index is 764. The smallest absolute Gasteiger partial charge is 0.226 e. The van der Waals surface area contributed by atoms with E-state index in [9.17, 15) is 0 Å². The van der Waals surface area contributed by atoms with Crippen LogP contribution >= 0.6 is 11.8 Å². The van der Waals surface area contributed by atoms with E-state index in [0.29, 0.717) is 0 Å². The van der Waals surface area contributed by atoms with Crippen LogP contribution < -0.4 is 10.2 Å². The number of rotatable bonds is 15. The van der Waals surface area contributed by atoms with E-state index in [4.69, 9.17) is 9.97 Å². The molecule has 0 fully saturated rings. The van der Waals surface area contributed by atoms with Gasteiger partial charge in [0.25, 0.3) is 0 Å². The van der Waals surface area contributed by atoms with Crippen LogP contribution in [-0.2, 0) is 0 Å². The highest BCUT2D eigenvalue weighted by Crippen LogP contribution is 2.42. The highest BCUT2D eigenvalue weighted by molar-refractivity contribution is 7.99. The van der Waals surface area contributed by atoms with Crippen molar-refractivity contribution in [3.05, 3.63) is 30.5 Å². The Labute approximate surface area is 193 Å². The molecule has 1 aliphatic heterocycles. The molecule has 170 valence electrons. The first-order chi connectivity index (χ1) is 15.3. The van der Waals surface area contributed by atoms with Crippen LogP contribution in [0, 0.1) is 0 Å². The first-order valence-electron chi connectivity index (χ1n) is 12.5. The fourth-order valence-corrected chi connectivity index (χ4v) is 4.98. The number of anilines is 3. The Morgan fingerprint density at radius 1 is 0.774 bits per heavy atom. The van der Waals surface area contributed by atoms with Crippen molar-refractivity contribution in [3.63, 3.8) is 0 Å². The molecule has 4 nitrogen and oxygen atoms in total. The topological polar surface area (TPSA) is 41.1 Å². The third kappa shape index (κ3) is 7.71. The van der Waals surface area contributed by atoms with E-state index in [1.807, 2.05) is 6.20 Å². The molecule has 2 aromatic rings. The largest absolute Gasteiger partial charge is 0.351 e. The number of hydrogen-bond donors (Lipinski definition) is 1. The molecule has 0 aliphatic carbocycles. The molecular formula is C26H40N4S. The molecule has 0 saturated heterocycles. The molecule has 3 rings (SSSR count). The number of benzene rings is 1. The van der Waals surface area contributed by atoms with Gasteiger partial charge in [-0.1, -0.05) is 102 Å². The maximum absolute atomic E-state index is 4.98. The first kappa shape index (κ1) is 23.9. The van der Waals surface area contributed by atoms with Crippen LogP contribution in [0.3, 0.4) is 0 Å². The number of nitrogens with zero attached hydrogens (tertiary/aromatic N) is 3. The molecule has 0 saturated carbocycles. The minimum atomic E-state index is 0.898. The lowest BCUT2D eigenvalue weighted by Gasteiger charge is -2.25. The Morgan fingerprint density at radius 3 is 2.06 bits per heavy atom. The molecule has 2 heterocycles. The summed E-state index contributed by atoms with van der Waals surface area (Å²) in [5, 5.41) is 4.53. The number of nitrogens with one attached hydrogen (secondary N) is 1. The second-order valence-electron chi connectivity index (χ2n) is 8.63. The summed E-state index contributed by atoms with van der Waals surface area (Å²) in [4.78, 5) is 13.4. The molecule has 0 atom stereocenters. The summed E-state index contributed by atoms with van der Waals surface area (Å²) in [6, 6.07) is 8.42. The van der Waals surface area contributed by atoms with Crippen LogP contribution in [0.5, 0.6) is 0 Å². The highest BCUT2D eigenvalue weighted by atomic mass is 32.2. The molecule has 5 heteroatoms. The fraction of sp³-hybridized carbons (Fsp3) is 0.615. The average Bonchev–Trinajstić information content (AvgIpc) is 2.80. The predicted octanol–water partition coefficient (Wildman–Crippen LogP) is 8.21. The summed E-state index contributed by atoms with van der Waals surface area (Å²) in [7, 11) is 0. The first-order valence-corrected chi connectivity index (χ1v) is 13.3. The van der Waals surface area contributed by atoms with Crippen LogP contribution in [-0.4, -0.2) is 23.1 Å². The summed E-state index contributed by atoms with van der Waals surface area (Å²) < 4.78 is 0. The average molecular weight is 441 g/mol. The molecule has 31 heavy (non-hydrogen) atoms. The van der Waals surface area contributed by atoms with Gasteiger partial charge in [0.2, 0.25) is 5.95 Å². The van der Waals surface area contributed by atoms with Gasteiger partial charge in [0.15, 0.2) is 0 Å². The van der Waals surface area contributed by atoms with Gasteiger partial charge in [-0.2, -0.15) is 0 Å². The van der Waals surface area contributed by atoms with Crippen LogP contribution in [0.4, 0.5) is 17.3 Å². The van der Waals surface area contributed by atoms with Crippen molar-refractivity contribution in [2.75, 3.05) is 23.3 Å². The minimum absolute atomic E-state index is 0.898. The van der Waals surface area contributed by atoms with Gasteiger partial charge in [-0.3, -0.25) is 0 Å². The van der Waals surface area contributed by atoms with E-state index in [0.717, 1.165) is 35.4 Å². The molecule has 0 amide bonds. The summed E-state index contributed by atoms with van der Waals surface area (Å²) in [5.74, 6) is 0.898. The van der Waals surface area contributed by atoms with Gasteiger partial charge in [-0.25, -0.2) is 9.97 Å². The monoisotopic (exact) mass is 440 g/mol. The third-order valence-corrected chi connectivity index (χ3v) is 7.03. The normalized spacial score (nSPS) is 12.2. The van der Waals surface area contributed by atoms with Crippen molar-refractivity contribution in [3.8, 4) is 0 Å². The second-order valence-corrected chi connectivity index (χ2v) is 9.67. The molecule has 0 unspecified atom stereocenters. The SMILES string of the molecule is CCCCCCCCN(CCCCCCCC)c1ncc2c(n1)Sc1ccccc1N2. The zero-order valence-electron chi connectivity index (χ0n) is 19.5. The molecular weight excluding hydrogens is 400 g/mol. The number of para-hydroxylation sites is 1. The number of aromatic nitrogens is 2. The predicted molar refractivity (Wildman–Crippen MR) is 135 cm³/mol. The fourth-order valence-electron chi connectivity index (χ4n) is 4.06. The van der Waals surface area contributed by atoms with Crippen molar-refractivity contribution < 1.29 is 0 Å². The minimum Gasteiger partial charge on any atom is -0.351 e. The molecule has 1 N–H and O–H groups in total. The highest BCUT2D eigenvalue weighted by Gasteiger charge is 2.19. The summed E-state index contributed by atoms with van der Waals surface area (Å²) in [6.07, 6.45) is 17.8. The molecule has 1 aromatic heterocycles. The third-order valence-electron chi connectivity index (χ3n) is 5.95. The quantitative estimate of drug-likeness (QED) is 0.190.